The van der Waals surface area contributed by atoms with Crippen LogP contribution in [0.2, 0.25) is 0 Å². The van der Waals surface area contributed by atoms with Gasteiger partial charge < -0.3 is 10.4 Å². The molecule has 0 radical (unpaired) electrons. The number of hydrogen-bond acceptors (Lipinski definition) is 3. The number of hydrogen-bond donors (Lipinski definition) is 2. The molecular weight excluding hydrogens is 266 g/mol. The van der Waals surface area contributed by atoms with Gasteiger partial charge in [-0.3, -0.25) is 4.79 Å². The smallest absolute Gasteiger partial charge is 0.223 e. The van der Waals surface area contributed by atoms with Crippen LogP contribution in [-0.2, 0) is 4.79 Å². The zero-order valence-electron chi connectivity index (χ0n) is 11.8. The van der Waals surface area contributed by atoms with Gasteiger partial charge in [0.05, 0.1) is 11.8 Å². The molecule has 1 aromatic carbocycles. The zero-order valence-corrected chi connectivity index (χ0v) is 11.8. The van der Waals surface area contributed by atoms with Crippen molar-refractivity contribution >= 4 is 5.91 Å². The Morgan fingerprint density at radius 2 is 2.14 bits per heavy atom. The number of carbonyl (C=O) groups excluding carboxylic acids is 1. The molecule has 0 bridgehead atoms. The molecule has 2 N–H and O–H groups in total. The van der Waals surface area contributed by atoms with Gasteiger partial charge in [0.1, 0.15) is 0 Å². The Kier molecular flexibility index (Phi) is 4.01. The first kappa shape index (κ1) is 13.8. The van der Waals surface area contributed by atoms with Gasteiger partial charge in [0.15, 0.2) is 0 Å². The maximum Gasteiger partial charge on any atom is 0.223 e. The highest BCUT2D eigenvalue weighted by Gasteiger charge is 2.25. The zero-order chi connectivity index (χ0) is 14.7. The second-order valence-electron chi connectivity index (χ2n) is 5.43. The molecule has 1 saturated carbocycles. The highest BCUT2D eigenvalue weighted by molar-refractivity contribution is 5.79. The molecule has 3 rings (SSSR count). The SMILES string of the molecule is O=C(NCC(O)c1ccc(-n2cccn2)cc1)C1CCC1. The Balaban J connectivity index is 1.57. The number of aliphatic hydroxyl groups excluding tert-OH is 1. The van der Waals surface area contributed by atoms with E-state index in [0.717, 1.165) is 30.5 Å². The van der Waals surface area contributed by atoms with Crippen LogP contribution in [0, 0.1) is 5.92 Å². The molecule has 1 fully saturated rings. The van der Waals surface area contributed by atoms with Gasteiger partial charge >= 0.3 is 0 Å². The number of aromatic nitrogens is 2. The van der Waals surface area contributed by atoms with Crippen molar-refractivity contribution in [3.05, 3.63) is 48.3 Å². The quantitative estimate of drug-likeness (QED) is 0.880. The Morgan fingerprint density at radius 1 is 1.38 bits per heavy atom. The van der Waals surface area contributed by atoms with E-state index in [1.54, 1.807) is 10.9 Å². The minimum atomic E-state index is -0.680. The average molecular weight is 285 g/mol. The molecule has 21 heavy (non-hydrogen) atoms. The monoisotopic (exact) mass is 285 g/mol. The van der Waals surface area contributed by atoms with Crippen LogP contribution in [0.1, 0.15) is 30.9 Å². The summed E-state index contributed by atoms with van der Waals surface area (Å²) in [6.45, 7) is 0.260. The molecule has 5 heteroatoms. The Bertz CT molecular complexity index is 588. The van der Waals surface area contributed by atoms with Crippen LogP contribution in [0.4, 0.5) is 0 Å². The van der Waals surface area contributed by atoms with Crippen molar-refractivity contribution in [3.63, 3.8) is 0 Å². The fourth-order valence-corrected chi connectivity index (χ4v) is 2.40. The molecule has 5 nitrogen and oxygen atoms in total. The van der Waals surface area contributed by atoms with Crippen LogP contribution in [-0.4, -0.2) is 27.3 Å². The number of carbonyl (C=O) groups is 1. The van der Waals surface area contributed by atoms with E-state index in [4.69, 9.17) is 0 Å². The Hall–Kier alpha value is -2.14. The van der Waals surface area contributed by atoms with Gasteiger partial charge in [-0.1, -0.05) is 18.6 Å². The van der Waals surface area contributed by atoms with Crippen LogP contribution in [0.15, 0.2) is 42.7 Å². The van der Waals surface area contributed by atoms with Gasteiger partial charge in [-0.25, -0.2) is 4.68 Å². The van der Waals surface area contributed by atoms with Crippen LogP contribution >= 0.6 is 0 Å². The fraction of sp³-hybridized carbons (Fsp3) is 0.375. The molecule has 0 spiro atoms. The Morgan fingerprint density at radius 3 is 2.71 bits per heavy atom. The first-order chi connectivity index (χ1) is 10.2. The third-order valence-corrected chi connectivity index (χ3v) is 3.99. The van der Waals surface area contributed by atoms with Gasteiger partial charge in [-0.05, 0) is 36.6 Å². The molecule has 1 unspecified atom stereocenters. The molecular formula is C16H19N3O2. The van der Waals surface area contributed by atoms with E-state index in [2.05, 4.69) is 10.4 Å². The lowest BCUT2D eigenvalue weighted by Gasteiger charge is -2.24. The number of amides is 1. The summed E-state index contributed by atoms with van der Waals surface area (Å²) in [5, 5.41) is 17.1. The summed E-state index contributed by atoms with van der Waals surface area (Å²) in [4.78, 5) is 11.7. The minimum absolute atomic E-state index is 0.0634. The molecule has 1 aromatic heterocycles. The number of rotatable bonds is 5. The summed E-state index contributed by atoms with van der Waals surface area (Å²) >= 11 is 0. The normalized spacial score (nSPS) is 16.2. The summed E-state index contributed by atoms with van der Waals surface area (Å²) in [5.41, 5.74) is 1.73. The molecule has 1 aliphatic rings. The summed E-state index contributed by atoms with van der Waals surface area (Å²) in [6.07, 6.45) is 5.99. The minimum Gasteiger partial charge on any atom is -0.387 e. The van der Waals surface area contributed by atoms with E-state index >= 15 is 0 Å². The van der Waals surface area contributed by atoms with Crippen LogP contribution in [0.3, 0.4) is 0 Å². The topological polar surface area (TPSA) is 67.2 Å². The molecule has 1 aliphatic carbocycles. The van der Waals surface area contributed by atoms with Gasteiger partial charge in [0.2, 0.25) is 5.91 Å². The van der Waals surface area contributed by atoms with Crippen molar-refractivity contribution < 1.29 is 9.90 Å². The summed E-state index contributed by atoms with van der Waals surface area (Å²) in [7, 11) is 0. The van der Waals surface area contributed by atoms with E-state index < -0.39 is 6.10 Å². The van der Waals surface area contributed by atoms with Crippen molar-refractivity contribution in [1.29, 1.82) is 0 Å². The molecule has 1 amide bonds. The second-order valence-corrected chi connectivity index (χ2v) is 5.43. The van der Waals surface area contributed by atoms with Gasteiger partial charge in [0.25, 0.3) is 0 Å². The molecule has 2 aromatic rings. The highest BCUT2D eigenvalue weighted by atomic mass is 16.3. The maximum atomic E-state index is 11.7. The molecule has 1 heterocycles. The Labute approximate surface area is 123 Å². The van der Waals surface area contributed by atoms with Crippen molar-refractivity contribution in [3.8, 4) is 5.69 Å². The summed E-state index contributed by atoms with van der Waals surface area (Å²) in [5.74, 6) is 0.216. The number of nitrogens with zero attached hydrogens (tertiary/aromatic N) is 2. The third-order valence-electron chi connectivity index (χ3n) is 3.99. The van der Waals surface area contributed by atoms with Crippen LogP contribution < -0.4 is 5.32 Å². The largest absolute Gasteiger partial charge is 0.387 e. The van der Waals surface area contributed by atoms with E-state index in [0.29, 0.717) is 0 Å². The average Bonchev–Trinajstić information content (AvgIpc) is 2.97. The van der Waals surface area contributed by atoms with Gasteiger partial charge in [-0.2, -0.15) is 5.10 Å². The standard InChI is InChI=1S/C16H19N3O2/c20-15(11-17-16(21)13-3-1-4-13)12-5-7-14(8-6-12)19-10-2-9-18-19/h2,5-10,13,15,20H,1,3-4,11H2,(H,17,21). The number of aliphatic hydroxyl groups is 1. The van der Waals surface area contributed by atoms with Crippen molar-refractivity contribution in [1.82, 2.24) is 15.1 Å². The van der Waals surface area contributed by atoms with Crippen molar-refractivity contribution in [2.24, 2.45) is 5.92 Å². The lowest BCUT2D eigenvalue weighted by Crippen LogP contribution is -2.36. The van der Waals surface area contributed by atoms with E-state index in [9.17, 15) is 9.90 Å². The van der Waals surface area contributed by atoms with Crippen molar-refractivity contribution in [2.45, 2.75) is 25.4 Å². The van der Waals surface area contributed by atoms with E-state index in [1.165, 1.54) is 0 Å². The first-order valence-corrected chi connectivity index (χ1v) is 7.30. The number of benzene rings is 1. The van der Waals surface area contributed by atoms with Gasteiger partial charge in [0, 0.05) is 24.9 Å². The summed E-state index contributed by atoms with van der Waals surface area (Å²) in [6, 6.07) is 9.38. The molecule has 110 valence electrons. The summed E-state index contributed by atoms with van der Waals surface area (Å²) < 4.78 is 1.76. The highest BCUT2D eigenvalue weighted by Crippen LogP contribution is 2.26. The van der Waals surface area contributed by atoms with Crippen LogP contribution in [0.25, 0.3) is 5.69 Å². The maximum absolute atomic E-state index is 11.7. The predicted molar refractivity (Wildman–Crippen MR) is 78.9 cm³/mol. The lowest BCUT2D eigenvalue weighted by atomic mass is 9.85. The van der Waals surface area contributed by atoms with Crippen molar-refractivity contribution in [2.75, 3.05) is 6.54 Å². The van der Waals surface area contributed by atoms with Gasteiger partial charge in [-0.15, -0.1) is 0 Å². The molecule has 0 aliphatic heterocycles. The predicted octanol–water partition coefficient (Wildman–Crippen LogP) is 1.82. The van der Waals surface area contributed by atoms with Crippen LogP contribution in [0.5, 0.6) is 0 Å². The number of nitrogens with one attached hydrogen (secondary N) is 1. The first-order valence-electron chi connectivity index (χ1n) is 7.30. The fourth-order valence-electron chi connectivity index (χ4n) is 2.40. The van der Waals surface area contributed by atoms with E-state index in [-0.39, 0.29) is 18.4 Å². The molecule has 1 atom stereocenters. The van der Waals surface area contributed by atoms with E-state index in [1.807, 2.05) is 36.5 Å². The lowest BCUT2D eigenvalue weighted by molar-refractivity contribution is -0.127. The molecule has 0 saturated heterocycles. The second kappa shape index (κ2) is 6.10. The third kappa shape index (κ3) is 3.13.